The van der Waals surface area contributed by atoms with E-state index in [9.17, 15) is 4.79 Å². The number of nitrogens with two attached hydrogens (primary N) is 1. The summed E-state index contributed by atoms with van der Waals surface area (Å²) in [6, 6.07) is 6.18. The van der Waals surface area contributed by atoms with Crippen LogP contribution in [0.4, 0.5) is 0 Å². The number of rotatable bonds is 4. The van der Waals surface area contributed by atoms with Crippen molar-refractivity contribution in [2.24, 2.45) is 0 Å². The lowest BCUT2D eigenvalue weighted by atomic mass is 9.89. The molecule has 3 rings (SSSR count). The summed E-state index contributed by atoms with van der Waals surface area (Å²) in [4.78, 5) is 12.8. The van der Waals surface area contributed by atoms with Gasteiger partial charge in [0.2, 0.25) is 11.9 Å². The first kappa shape index (κ1) is 21.1. The van der Waals surface area contributed by atoms with Crippen molar-refractivity contribution in [3.8, 4) is 16.9 Å². The van der Waals surface area contributed by atoms with Gasteiger partial charge in [0.1, 0.15) is 5.75 Å². The number of hydrogen-bond donors (Lipinski definition) is 1. The van der Waals surface area contributed by atoms with Crippen LogP contribution in [-0.4, -0.2) is 25.3 Å². The average molecular weight is 400 g/mol. The van der Waals surface area contributed by atoms with Crippen molar-refractivity contribution in [1.82, 2.24) is 0 Å². The minimum absolute atomic E-state index is 0.448. The lowest BCUT2D eigenvalue weighted by molar-refractivity contribution is -0.646. The molecule has 29 heavy (non-hydrogen) atoms. The molecule has 1 aliphatic rings. The second kappa shape index (κ2) is 8.03. The van der Waals surface area contributed by atoms with E-state index in [1.165, 1.54) is 17.3 Å². The number of pyridine rings is 1. The first-order chi connectivity index (χ1) is 13.6. The number of esters is 1. The summed E-state index contributed by atoms with van der Waals surface area (Å²) in [5.41, 5.74) is 5.01. The van der Waals surface area contributed by atoms with Crippen LogP contribution in [0.3, 0.4) is 0 Å². The Bertz CT molecular complexity index is 931. The second-order valence-corrected chi connectivity index (χ2v) is 8.50. The summed E-state index contributed by atoms with van der Waals surface area (Å²) in [7, 11) is 1.37. The molecule has 0 fully saturated rings. The van der Waals surface area contributed by atoms with Gasteiger partial charge in [0.15, 0.2) is 6.10 Å². The van der Waals surface area contributed by atoms with Crippen LogP contribution in [0.15, 0.2) is 24.4 Å². The number of carbonyl (C=O) groups is 1. The van der Waals surface area contributed by atoms with E-state index in [1.54, 1.807) is 0 Å². The number of aromatic nitrogens is 1. The van der Waals surface area contributed by atoms with E-state index in [-0.39, 0.29) is 0 Å². The Hall–Kier alpha value is -2.60. The second-order valence-electron chi connectivity index (χ2n) is 8.50. The highest BCUT2D eigenvalue weighted by Gasteiger charge is 2.36. The number of benzene rings is 1. The van der Waals surface area contributed by atoms with Gasteiger partial charge in [0, 0.05) is 18.1 Å². The van der Waals surface area contributed by atoms with Gasteiger partial charge in [-0.3, -0.25) is 0 Å². The van der Waals surface area contributed by atoms with Crippen molar-refractivity contribution in [3.05, 3.63) is 46.8 Å². The third kappa shape index (κ3) is 4.37. The van der Waals surface area contributed by atoms with Crippen molar-refractivity contribution in [2.75, 3.05) is 19.6 Å². The molecule has 1 aromatic carbocycles. The smallest absolute Gasteiger partial charge is 0.339 e. The lowest BCUT2D eigenvalue weighted by Crippen LogP contribution is -2.49. The molecule has 6 heteroatoms. The van der Waals surface area contributed by atoms with Crippen molar-refractivity contribution < 1.29 is 23.7 Å². The summed E-state index contributed by atoms with van der Waals surface area (Å²) in [6.07, 6.45) is 2.95. The largest absolute Gasteiger partial charge is 0.493 e. The normalized spacial score (nSPS) is 14.7. The molecule has 0 saturated carbocycles. The third-order valence-corrected chi connectivity index (χ3v) is 5.12. The highest BCUT2D eigenvalue weighted by molar-refractivity contribution is 5.83. The van der Waals surface area contributed by atoms with Crippen LogP contribution < -0.4 is 15.3 Å². The van der Waals surface area contributed by atoms with Crippen LogP contribution in [0.25, 0.3) is 11.1 Å². The first-order valence-corrected chi connectivity index (χ1v) is 9.95. The molecule has 2 N–H and O–H groups in total. The van der Waals surface area contributed by atoms with Crippen molar-refractivity contribution in [1.29, 1.82) is 0 Å². The van der Waals surface area contributed by atoms with Crippen LogP contribution in [0, 0.1) is 13.8 Å². The SMILES string of the molecule is COC(=O)[C@@H](OC(C)(C)C)c1c(-c2ccc3c(c2)CCCO3)c(C)c[n+](N)c1C. The van der Waals surface area contributed by atoms with Crippen LogP contribution in [-0.2, 0) is 20.7 Å². The van der Waals surface area contributed by atoms with E-state index in [1.807, 2.05) is 52.9 Å². The van der Waals surface area contributed by atoms with Crippen molar-refractivity contribution in [2.45, 2.75) is 59.2 Å². The van der Waals surface area contributed by atoms with Crippen molar-refractivity contribution >= 4 is 5.97 Å². The Balaban J connectivity index is 2.25. The molecule has 2 aromatic rings. The molecule has 0 saturated heterocycles. The van der Waals surface area contributed by atoms with Gasteiger partial charge < -0.3 is 14.2 Å². The maximum absolute atomic E-state index is 12.8. The van der Waals surface area contributed by atoms with E-state index >= 15 is 0 Å². The zero-order valence-electron chi connectivity index (χ0n) is 18.2. The summed E-state index contributed by atoms with van der Waals surface area (Å²) < 4.78 is 18.6. The molecule has 0 bridgehead atoms. The van der Waals surface area contributed by atoms with Gasteiger partial charge in [-0.05, 0) is 63.8 Å². The molecule has 156 valence electrons. The summed E-state index contributed by atoms with van der Waals surface area (Å²) in [5, 5.41) is 0. The minimum Gasteiger partial charge on any atom is -0.493 e. The van der Waals surface area contributed by atoms with E-state index in [0.717, 1.165) is 53.1 Å². The van der Waals surface area contributed by atoms with Crippen LogP contribution >= 0.6 is 0 Å². The fourth-order valence-electron chi connectivity index (χ4n) is 3.81. The summed E-state index contributed by atoms with van der Waals surface area (Å²) in [5.74, 6) is 6.69. The Labute approximate surface area is 172 Å². The molecule has 6 nitrogen and oxygen atoms in total. The molecule has 1 aliphatic heterocycles. The highest BCUT2D eigenvalue weighted by atomic mass is 16.6. The molecule has 0 radical (unpaired) electrons. The number of nitrogen functional groups attached to an aromatic ring is 1. The fourth-order valence-corrected chi connectivity index (χ4v) is 3.81. The minimum atomic E-state index is -0.892. The van der Waals surface area contributed by atoms with Gasteiger partial charge in [-0.25, -0.2) is 10.6 Å². The number of hydrogen-bond acceptors (Lipinski definition) is 5. The lowest BCUT2D eigenvalue weighted by Gasteiger charge is -2.28. The third-order valence-electron chi connectivity index (χ3n) is 5.12. The maximum atomic E-state index is 12.8. The zero-order chi connectivity index (χ0) is 21.3. The molecule has 0 unspecified atom stereocenters. The van der Waals surface area contributed by atoms with Gasteiger partial charge in [-0.15, -0.1) is 0 Å². The molecular weight excluding hydrogens is 368 g/mol. The first-order valence-electron chi connectivity index (χ1n) is 9.95. The number of nitrogens with zero attached hydrogens (tertiary/aromatic N) is 1. The van der Waals surface area contributed by atoms with Gasteiger partial charge >= 0.3 is 5.97 Å². The van der Waals surface area contributed by atoms with Crippen molar-refractivity contribution in [3.63, 3.8) is 0 Å². The van der Waals surface area contributed by atoms with Gasteiger partial charge in [0.25, 0.3) is 0 Å². The quantitative estimate of drug-likeness (QED) is 0.485. The van der Waals surface area contributed by atoms with Gasteiger partial charge in [0.05, 0.1) is 24.9 Å². The topological polar surface area (TPSA) is 74.7 Å². The van der Waals surface area contributed by atoms with E-state index < -0.39 is 17.7 Å². The number of aryl methyl sites for hydroxylation is 2. The Morgan fingerprint density at radius 3 is 2.66 bits per heavy atom. The number of methoxy groups -OCH3 is 1. The average Bonchev–Trinajstić information content (AvgIpc) is 2.67. The Morgan fingerprint density at radius 1 is 1.28 bits per heavy atom. The Morgan fingerprint density at radius 2 is 2.00 bits per heavy atom. The van der Waals surface area contributed by atoms with Crippen LogP contribution in [0.5, 0.6) is 5.75 Å². The van der Waals surface area contributed by atoms with E-state index in [2.05, 4.69) is 6.07 Å². The number of ether oxygens (including phenoxy) is 3. The molecule has 0 amide bonds. The predicted octanol–water partition coefficient (Wildman–Crippen LogP) is 3.33. The van der Waals surface area contributed by atoms with Crippen LogP contribution in [0.1, 0.15) is 55.7 Å². The monoisotopic (exact) mass is 399 g/mol. The molecule has 0 aliphatic carbocycles. The molecule has 2 heterocycles. The predicted molar refractivity (Wildman–Crippen MR) is 111 cm³/mol. The molecular formula is C23H31N2O4+. The maximum Gasteiger partial charge on any atom is 0.339 e. The standard InChI is InChI=1S/C23H31N2O4/c1-14-13-25(24)15(2)20(21(22(26)27-6)29-23(3,4)5)19(14)17-9-10-18-16(12-17)8-7-11-28-18/h9-10,12-13,21H,7-8,11,24H2,1-6H3/q+1/t21-/m0/s1. The van der Waals surface area contributed by atoms with Gasteiger partial charge in [-0.2, -0.15) is 0 Å². The van der Waals surface area contributed by atoms with E-state index in [4.69, 9.17) is 20.1 Å². The zero-order valence-corrected chi connectivity index (χ0v) is 18.2. The molecule has 1 aromatic heterocycles. The molecule has 1 atom stereocenters. The van der Waals surface area contributed by atoms with Gasteiger partial charge in [-0.1, -0.05) is 10.7 Å². The van der Waals surface area contributed by atoms with Crippen LogP contribution in [0.2, 0.25) is 0 Å². The molecule has 0 spiro atoms. The Kier molecular flexibility index (Phi) is 5.85. The highest BCUT2D eigenvalue weighted by Crippen LogP contribution is 2.38. The number of fused-ring (bicyclic) bond motifs is 1. The number of carbonyl (C=O) groups excluding carboxylic acids is 1. The van der Waals surface area contributed by atoms with E-state index in [0.29, 0.717) is 0 Å². The summed E-state index contributed by atoms with van der Waals surface area (Å²) in [6.45, 7) is 10.4. The summed E-state index contributed by atoms with van der Waals surface area (Å²) >= 11 is 0. The fraction of sp³-hybridized carbons (Fsp3) is 0.478.